The van der Waals surface area contributed by atoms with Crippen molar-refractivity contribution in [3.05, 3.63) is 59.2 Å². The van der Waals surface area contributed by atoms with E-state index in [1.165, 1.54) is 0 Å². The maximum Gasteiger partial charge on any atom is 0.337 e. The van der Waals surface area contributed by atoms with Gasteiger partial charge in [0.2, 0.25) is 0 Å². The van der Waals surface area contributed by atoms with Gasteiger partial charge in [0.15, 0.2) is 5.78 Å². The summed E-state index contributed by atoms with van der Waals surface area (Å²) in [6.07, 6.45) is 2.11. The quantitative estimate of drug-likeness (QED) is 0.503. The molecule has 1 aromatic carbocycles. The normalized spacial score (nSPS) is 24.8. The number of methoxy groups -OCH3 is 1. The van der Waals surface area contributed by atoms with Gasteiger partial charge in [-0.15, -0.1) is 0 Å². The van der Waals surface area contributed by atoms with Crippen LogP contribution in [-0.2, 0) is 19.1 Å². The number of hydrogen-bond donors (Lipinski definition) is 1. The van der Waals surface area contributed by atoms with Crippen LogP contribution in [-0.4, -0.2) is 41.6 Å². The summed E-state index contributed by atoms with van der Waals surface area (Å²) in [7, 11) is 1.16. The van der Waals surface area contributed by atoms with Crippen molar-refractivity contribution < 1.29 is 29.0 Å². The lowest BCUT2D eigenvalue weighted by molar-refractivity contribution is -0.138. The van der Waals surface area contributed by atoms with E-state index in [4.69, 9.17) is 9.47 Å². The van der Waals surface area contributed by atoms with Crippen LogP contribution in [0.1, 0.15) is 16.8 Å². The zero-order valence-corrected chi connectivity index (χ0v) is 12.3. The average Bonchev–Trinajstić information content (AvgIpc) is 3.10. The highest BCUT2D eigenvalue weighted by Crippen LogP contribution is 2.46. The molecule has 2 aliphatic rings. The number of ketones is 1. The number of benzene rings is 1. The molecule has 0 saturated carbocycles. The number of ether oxygens (including phenoxy) is 2. The standard InChI is InChI=1S/C17H14O6/c1-22-16(21)14-13(15(19)20)12-7-8-17(14,23-12)9-11(18)10-5-3-2-4-6-10/h2-8,12H,9H2,1H3,(H,19,20). The van der Waals surface area contributed by atoms with Crippen molar-refractivity contribution in [2.24, 2.45) is 0 Å². The molecule has 2 atom stereocenters. The summed E-state index contributed by atoms with van der Waals surface area (Å²) in [4.78, 5) is 36.0. The third kappa shape index (κ3) is 2.37. The van der Waals surface area contributed by atoms with E-state index >= 15 is 0 Å². The second-order valence-electron chi connectivity index (χ2n) is 5.34. The van der Waals surface area contributed by atoms with Gasteiger partial charge in [0, 0.05) is 12.0 Å². The second-order valence-corrected chi connectivity index (χ2v) is 5.34. The highest BCUT2D eigenvalue weighted by atomic mass is 16.5. The highest BCUT2D eigenvalue weighted by molar-refractivity contribution is 6.06. The molecule has 0 spiro atoms. The van der Waals surface area contributed by atoms with Crippen molar-refractivity contribution in [3.8, 4) is 0 Å². The van der Waals surface area contributed by atoms with E-state index in [-0.39, 0.29) is 23.4 Å². The SMILES string of the molecule is COC(=O)C1=C(C(=O)O)C2C=CC1(CC(=O)c1ccccc1)O2. The van der Waals surface area contributed by atoms with Gasteiger partial charge in [-0.2, -0.15) is 0 Å². The van der Waals surface area contributed by atoms with E-state index in [0.29, 0.717) is 5.56 Å². The minimum atomic E-state index is -1.38. The maximum atomic E-state index is 12.5. The molecule has 0 aliphatic carbocycles. The Kier molecular flexibility index (Phi) is 3.61. The number of carbonyl (C=O) groups is 3. The van der Waals surface area contributed by atoms with Gasteiger partial charge in [0.25, 0.3) is 0 Å². The zero-order valence-electron chi connectivity index (χ0n) is 12.3. The van der Waals surface area contributed by atoms with Crippen LogP contribution in [0.4, 0.5) is 0 Å². The van der Waals surface area contributed by atoms with Crippen molar-refractivity contribution in [1.82, 2.24) is 0 Å². The van der Waals surface area contributed by atoms with Crippen LogP contribution in [0.3, 0.4) is 0 Å². The van der Waals surface area contributed by atoms with Gasteiger partial charge in [0.05, 0.1) is 18.3 Å². The highest BCUT2D eigenvalue weighted by Gasteiger charge is 2.55. The third-order valence-electron chi connectivity index (χ3n) is 3.99. The Morgan fingerprint density at radius 2 is 1.96 bits per heavy atom. The summed E-state index contributed by atoms with van der Waals surface area (Å²) in [5, 5.41) is 9.35. The monoisotopic (exact) mass is 314 g/mol. The number of esters is 1. The lowest BCUT2D eigenvalue weighted by Crippen LogP contribution is -2.35. The Balaban J connectivity index is 1.99. The molecular formula is C17H14O6. The summed E-state index contributed by atoms with van der Waals surface area (Å²) in [5.41, 5.74) is -1.18. The Bertz CT molecular complexity index is 746. The van der Waals surface area contributed by atoms with E-state index in [2.05, 4.69) is 0 Å². The van der Waals surface area contributed by atoms with E-state index in [9.17, 15) is 19.5 Å². The van der Waals surface area contributed by atoms with Gasteiger partial charge in [-0.25, -0.2) is 9.59 Å². The summed E-state index contributed by atoms with van der Waals surface area (Å²) in [6.45, 7) is 0. The van der Waals surface area contributed by atoms with Crippen molar-refractivity contribution in [1.29, 1.82) is 0 Å². The summed E-state index contributed by atoms with van der Waals surface area (Å²) < 4.78 is 10.4. The van der Waals surface area contributed by atoms with Crippen molar-refractivity contribution >= 4 is 17.7 Å². The number of fused-ring (bicyclic) bond motifs is 2. The summed E-state index contributed by atoms with van der Waals surface area (Å²) in [6, 6.07) is 8.56. The second kappa shape index (κ2) is 5.48. The first kappa shape index (κ1) is 15.2. The van der Waals surface area contributed by atoms with Crippen LogP contribution in [0.15, 0.2) is 53.6 Å². The first-order chi connectivity index (χ1) is 11.0. The summed E-state index contributed by atoms with van der Waals surface area (Å²) >= 11 is 0. The molecule has 0 radical (unpaired) electrons. The van der Waals surface area contributed by atoms with Crippen LogP contribution >= 0.6 is 0 Å². The van der Waals surface area contributed by atoms with E-state index in [1.807, 2.05) is 0 Å². The van der Waals surface area contributed by atoms with Gasteiger partial charge in [-0.1, -0.05) is 36.4 Å². The molecule has 0 amide bonds. The fourth-order valence-corrected chi connectivity index (χ4v) is 2.98. The first-order valence-electron chi connectivity index (χ1n) is 7.00. The Morgan fingerprint density at radius 1 is 1.26 bits per heavy atom. The molecule has 0 fully saturated rings. The molecular weight excluding hydrogens is 300 g/mol. The van der Waals surface area contributed by atoms with E-state index in [1.54, 1.807) is 42.5 Å². The summed E-state index contributed by atoms with van der Waals surface area (Å²) in [5.74, 6) is -2.30. The molecule has 0 aromatic heterocycles. The van der Waals surface area contributed by atoms with Gasteiger partial charge < -0.3 is 14.6 Å². The molecule has 0 saturated heterocycles. The molecule has 2 aliphatic heterocycles. The third-order valence-corrected chi connectivity index (χ3v) is 3.99. The van der Waals surface area contributed by atoms with Crippen molar-refractivity contribution in [3.63, 3.8) is 0 Å². The van der Waals surface area contributed by atoms with Crippen LogP contribution < -0.4 is 0 Å². The zero-order chi connectivity index (χ0) is 16.6. The lowest BCUT2D eigenvalue weighted by Gasteiger charge is -2.24. The molecule has 2 bridgehead atoms. The Hall–Kier alpha value is -2.73. The van der Waals surface area contributed by atoms with Gasteiger partial charge in [-0.05, 0) is 6.08 Å². The average molecular weight is 314 g/mol. The van der Waals surface area contributed by atoms with Crippen LogP contribution in [0.5, 0.6) is 0 Å². The van der Waals surface area contributed by atoms with E-state index < -0.39 is 23.6 Å². The largest absolute Gasteiger partial charge is 0.478 e. The molecule has 2 heterocycles. The predicted octanol–water partition coefficient (Wildman–Crippen LogP) is 1.52. The molecule has 1 aromatic rings. The predicted molar refractivity (Wildman–Crippen MR) is 78.8 cm³/mol. The molecule has 6 nitrogen and oxygen atoms in total. The lowest BCUT2D eigenvalue weighted by atomic mass is 9.82. The number of hydrogen-bond acceptors (Lipinski definition) is 5. The Morgan fingerprint density at radius 3 is 2.57 bits per heavy atom. The molecule has 23 heavy (non-hydrogen) atoms. The van der Waals surface area contributed by atoms with Gasteiger partial charge in [0.1, 0.15) is 11.7 Å². The topological polar surface area (TPSA) is 89.9 Å². The van der Waals surface area contributed by atoms with Crippen molar-refractivity contribution in [2.45, 2.75) is 18.1 Å². The fraction of sp³-hybridized carbons (Fsp3) is 0.235. The molecule has 2 unspecified atom stereocenters. The number of carboxylic acid groups (broad SMARTS) is 1. The number of Topliss-reactive ketones (excluding diaryl/α,β-unsaturated/α-hetero) is 1. The minimum absolute atomic E-state index is 0.107. The fourth-order valence-electron chi connectivity index (χ4n) is 2.98. The number of carboxylic acids is 1. The number of carbonyl (C=O) groups excluding carboxylic acids is 2. The maximum absolute atomic E-state index is 12.5. The molecule has 1 N–H and O–H groups in total. The minimum Gasteiger partial charge on any atom is -0.478 e. The van der Waals surface area contributed by atoms with E-state index in [0.717, 1.165) is 7.11 Å². The number of rotatable bonds is 5. The molecule has 6 heteroatoms. The van der Waals surface area contributed by atoms with Gasteiger partial charge in [-0.3, -0.25) is 4.79 Å². The number of aliphatic carboxylic acids is 1. The smallest absolute Gasteiger partial charge is 0.337 e. The van der Waals surface area contributed by atoms with Gasteiger partial charge >= 0.3 is 11.9 Å². The molecule has 118 valence electrons. The Labute approximate surface area is 132 Å². The van der Waals surface area contributed by atoms with Crippen LogP contribution in [0.25, 0.3) is 0 Å². The first-order valence-corrected chi connectivity index (χ1v) is 7.00. The van der Waals surface area contributed by atoms with Crippen molar-refractivity contribution in [2.75, 3.05) is 7.11 Å². The van der Waals surface area contributed by atoms with Crippen LogP contribution in [0, 0.1) is 0 Å². The molecule has 3 rings (SSSR count). The van der Waals surface area contributed by atoms with Crippen LogP contribution in [0.2, 0.25) is 0 Å².